The van der Waals surface area contributed by atoms with E-state index in [2.05, 4.69) is 0 Å². The molecule has 2 N–H and O–H groups in total. The van der Waals surface area contributed by atoms with Crippen LogP contribution in [0, 0.1) is 5.92 Å². The van der Waals surface area contributed by atoms with Crippen LogP contribution in [-0.4, -0.2) is 38.9 Å². The maximum Gasteiger partial charge on any atom is 0.261 e. The molecule has 1 rings (SSSR count). The van der Waals surface area contributed by atoms with Gasteiger partial charge in [-0.1, -0.05) is 0 Å². The molecule has 1 saturated heterocycles. The predicted molar refractivity (Wildman–Crippen MR) is 43.7 cm³/mol. The highest BCUT2D eigenvalue weighted by Gasteiger charge is 2.22. The Morgan fingerprint density at radius 2 is 2.23 bits per heavy atom. The molecule has 0 spiro atoms. The van der Waals surface area contributed by atoms with Crippen molar-refractivity contribution in [1.82, 2.24) is 0 Å². The number of ether oxygens (including phenoxy) is 2. The Morgan fingerprint density at radius 3 is 2.77 bits per heavy atom. The zero-order valence-electron chi connectivity index (χ0n) is 7.42. The average molecular weight is 195 g/mol. The summed E-state index contributed by atoms with van der Waals surface area (Å²) >= 11 is 0. The zero-order chi connectivity index (χ0) is 9.68. The molecule has 1 aliphatic rings. The molecule has 5 heteroatoms. The molecule has 2 atom stereocenters. The fourth-order valence-electron chi connectivity index (χ4n) is 1.32. The Balaban J connectivity index is 2.06. The van der Waals surface area contributed by atoms with Crippen LogP contribution in [0.5, 0.6) is 0 Å². The van der Waals surface area contributed by atoms with Gasteiger partial charge in [-0.05, 0) is 6.42 Å². The molecule has 1 heterocycles. The first-order valence-electron chi connectivity index (χ1n) is 4.39. The molecule has 0 radical (unpaired) electrons. The lowest BCUT2D eigenvalue weighted by Gasteiger charge is -2.17. The van der Waals surface area contributed by atoms with Crippen LogP contribution < -0.4 is 5.73 Å². The minimum absolute atomic E-state index is 0.179. The smallest absolute Gasteiger partial charge is 0.261 e. The second-order valence-electron chi connectivity index (χ2n) is 3.22. The van der Waals surface area contributed by atoms with Gasteiger partial charge in [-0.3, -0.25) is 0 Å². The van der Waals surface area contributed by atoms with Crippen molar-refractivity contribution in [3.05, 3.63) is 0 Å². The maximum atomic E-state index is 11.7. The van der Waals surface area contributed by atoms with Crippen molar-refractivity contribution in [2.75, 3.05) is 26.4 Å². The van der Waals surface area contributed by atoms with E-state index in [0.717, 1.165) is 6.42 Å². The Labute approximate surface area is 76.2 Å². The molecule has 0 saturated carbocycles. The van der Waals surface area contributed by atoms with Crippen LogP contribution in [0.15, 0.2) is 0 Å². The molecule has 13 heavy (non-hydrogen) atoms. The molecule has 2 unspecified atom stereocenters. The third-order valence-corrected chi connectivity index (χ3v) is 2.12. The summed E-state index contributed by atoms with van der Waals surface area (Å²) in [6, 6.07) is -0.179. The molecule has 0 bridgehead atoms. The molecule has 0 aromatic heterocycles. The second-order valence-corrected chi connectivity index (χ2v) is 3.22. The van der Waals surface area contributed by atoms with Crippen LogP contribution in [0.2, 0.25) is 0 Å². The van der Waals surface area contributed by atoms with Gasteiger partial charge in [-0.25, -0.2) is 8.78 Å². The van der Waals surface area contributed by atoms with Gasteiger partial charge in [0.1, 0.15) is 6.61 Å². The highest BCUT2D eigenvalue weighted by molar-refractivity contribution is 4.75. The molecule has 0 aliphatic carbocycles. The van der Waals surface area contributed by atoms with Gasteiger partial charge < -0.3 is 15.2 Å². The summed E-state index contributed by atoms with van der Waals surface area (Å²) in [5.41, 5.74) is 5.72. The van der Waals surface area contributed by atoms with Crippen molar-refractivity contribution in [2.45, 2.75) is 18.9 Å². The minimum atomic E-state index is -2.41. The van der Waals surface area contributed by atoms with Gasteiger partial charge in [-0.2, -0.15) is 0 Å². The lowest BCUT2D eigenvalue weighted by molar-refractivity contribution is 0.00719. The Morgan fingerprint density at radius 1 is 1.46 bits per heavy atom. The third-order valence-electron chi connectivity index (χ3n) is 2.12. The molecular formula is C8H15F2NO2. The fourth-order valence-corrected chi connectivity index (χ4v) is 1.32. The van der Waals surface area contributed by atoms with Gasteiger partial charge in [0.2, 0.25) is 0 Å². The zero-order valence-corrected chi connectivity index (χ0v) is 7.42. The van der Waals surface area contributed by atoms with E-state index in [-0.39, 0.29) is 18.6 Å². The lowest BCUT2D eigenvalue weighted by Crippen LogP contribution is -2.35. The summed E-state index contributed by atoms with van der Waals surface area (Å²) in [6.45, 7) is 1.01. The molecule has 3 nitrogen and oxygen atoms in total. The first-order chi connectivity index (χ1) is 6.20. The summed E-state index contributed by atoms with van der Waals surface area (Å²) in [6.07, 6.45) is -1.51. The first kappa shape index (κ1) is 10.8. The molecule has 1 aliphatic heterocycles. The van der Waals surface area contributed by atoms with E-state index in [1.54, 1.807) is 0 Å². The van der Waals surface area contributed by atoms with E-state index in [1.165, 1.54) is 0 Å². The van der Waals surface area contributed by atoms with E-state index in [1.807, 2.05) is 0 Å². The molecule has 1 fully saturated rings. The van der Waals surface area contributed by atoms with E-state index in [9.17, 15) is 8.78 Å². The van der Waals surface area contributed by atoms with Crippen LogP contribution in [0.4, 0.5) is 8.78 Å². The van der Waals surface area contributed by atoms with Gasteiger partial charge >= 0.3 is 0 Å². The van der Waals surface area contributed by atoms with E-state index < -0.39 is 13.0 Å². The Hall–Kier alpha value is -0.260. The summed E-state index contributed by atoms with van der Waals surface area (Å²) in [5, 5.41) is 0. The lowest BCUT2D eigenvalue weighted by atomic mass is 10.0. The topological polar surface area (TPSA) is 44.5 Å². The van der Waals surface area contributed by atoms with Gasteiger partial charge in [-0.15, -0.1) is 0 Å². The monoisotopic (exact) mass is 195 g/mol. The molecular weight excluding hydrogens is 180 g/mol. The van der Waals surface area contributed by atoms with Crippen molar-refractivity contribution in [3.8, 4) is 0 Å². The second kappa shape index (κ2) is 5.47. The highest BCUT2D eigenvalue weighted by Crippen LogP contribution is 2.15. The largest absolute Gasteiger partial charge is 0.381 e. The maximum absolute atomic E-state index is 11.7. The summed E-state index contributed by atoms with van der Waals surface area (Å²) in [4.78, 5) is 0. The number of halogens is 2. The summed E-state index contributed by atoms with van der Waals surface area (Å²) < 4.78 is 33.2. The average Bonchev–Trinajstić information content (AvgIpc) is 2.55. The van der Waals surface area contributed by atoms with Crippen molar-refractivity contribution >= 4 is 0 Å². The quantitative estimate of drug-likeness (QED) is 0.699. The minimum Gasteiger partial charge on any atom is -0.381 e. The van der Waals surface area contributed by atoms with E-state index in [0.29, 0.717) is 13.2 Å². The number of rotatable bonds is 5. The molecule has 0 aromatic carbocycles. The van der Waals surface area contributed by atoms with Crippen molar-refractivity contribution in [1.29, 1.82) is 0 Å². The highest BCUT2D eigenvalue weighted by atomic mass is 19.3. The number of hydrogen-bond donors (Lipinski definition) is 1. The standard InChI is InChI=1S/C8H15F2NO2/c9-8(10)5-13-4-7(11)6-1-2-12-3-6/h6-8H,1-5,11H2. The van der Waals surface area contributed by atoms with Gasteiger partial charge in [0.15, 0.2) is 0 Å². The van der Waals surface area contributed by atoms with Gasteiger partial charge in [0, 0.05) is 18.6 Å². The van der Waals surface area contributed by atoms with Crippen LogP contribution in [-0.2, 0) is 9.47 Å². The van der Waals surface area contributed by atoms with E-state index >= 15 is 0 Å². The van der Waals surface area contributed by atoms with Gasteiger partial charge in [0.25, 0.3) is 6.43 Å². The van der Waals surface area contributed by atoms with Crippen LogP contribution in [0.3, 0.4) is 0 Å². The molecule has 0 amide bonds. The summed E-state index contributed by atoms with van der Waals surface area (Å²) in [5.74, 6) is 0.262. The predicted octanol–water partition coefficient (Wildman–Crippen LogP) is 0.632. The fraction of sp³-hybridized carbons (Fsp3) is 1.00. The third kappa shape index (κ3) is 3.97. The summed E-state index contributed by atoms with van der Waals surface area (Å²) in [7, 11) is 0. The SMILES string of the molecule is NC(COCC(F)F)C1CCOC1. The van der Waals surface area contributed by atoms with E-state index in [4.69, 9.17) is 15.2 Å². The number of alkyl halides is 2. The number of nitrogens with two attached hydrogens (primary N) is 1. The van der Waals surface area contributed by atoms with Crippen LogP contribution >= 0.6 is 0 Å². The van der Waals surface area contributed by atoms with Crippen LogP contribution in [0.1, 0.15) is 6.42 Å². The first-order valence-corrected chi connectivity index (χ1v) is 4.39. The van der Waals surface area contributed by atoms with Gasteiger partial charge in [0.05, 0.1) is 13.2 Å². The molecule has 0 aromatic rings. The van der Waals surface area contributed by atoms with Crippen molar-refractivity contribution in [2.24, 2.45) is 11.7 Å². The Bertz CT molecular complexity index is 140. The molecule has 78 valence electrons. The van der Waals surface area contributed by atoms with Crippen LogP contribution in [0.25, 0.3) is 0 Å². The van der Waals surface area contributed by atoms with Crippen molar-refractivity contribution in [3.63, 3.8) is 0 Å². The number of hydrogen-bond acceptors (Lipinski definition) is 3. The normalized spacial score (nSPS) is 25.4. The van der Waals surface area contributed by atoms with Crippen molar-refractivity contribution < 1.29 is 18.3 Å². The Kier molecular flexibility index (Phi) is 4.55.